The molecule has 0 aliphatic carbocycles. The summed E-state index contributed by atoms with van der Waals surface area (Å²) < 4.78 is 5.07. The molecule has 0 heterocycles. The molecule has 0 aromatic carbocycles. The van der Waals surface area contributed by atoms with Crippen molar-refractivity contribution in [2.45, 2.75) is 45.2 Å². The third-order valence-corrected chi connectivity index (χ3v) is 2.71. The molecule has 0 aromatic rings. The van der Waals surface area contributed by atoms with Crippen LogP contribution in [0.3, 0.4) is 0 Å². The molecule has 0 aromatic heterocycles. The van der Waals surface area contributed by atoms with Crippen LogP contribution >= 0.6 is 0 Å². The van der Waals surface area contributed by atoms with E-state index in [1.54, 1.807) is 14.0 Å². The normalized spacial score (nSPS) is 15.1. The molecule has 0 rings (SSSR count). The molecular formula is C12H25N3O. The first-order valence-electron chi connectivity index (χ1n) is 5.86. The number of hydrogen-bond donors (Lipinski definition) is 1. The Kier molecular flexibility index (Phi) is 7.31. The second kappa shape index (κ2) is 7.61. The molecule has 0 saturated carbocycles. The first-order chi connectivity index (χ1) is 7.43. The molecule has 0 aliphatic heterocycles. The van der Waals surface area contributed by atoms with Crippen LogP contribution in [0.2, 0.25) is 0 Å². The number of methoxy groups -OCH3 is 1. The molecule has 2 N–H and O–H groups in total. The van der Waals surface area contributed by atoms with E-state index < -0.39 is 5.54 Å². The van der Waals surface area contributed by atoms with E-state index in [-0.39, 0.29) is 0 Å². The van der Waals surface area contributed by atoms with Gasteiger partial charge in [0.15, 0.2) is 0 Å². The summed E-state index contributed by atoms with van der Waals surface area (Å²) in [5, 5.41) is 8.80. The van der Waals surface area contributed by atoms with Gasteiger partial charge in [0.2, 0.25) is 0 Å². The van der Waals surface area contributed by atoms with E-state index in [0.717, 1.165) is 32.5 Å². The Morgan fingerprint density at radius 3 is 2.50 bits per heavy atom. The number of hydrogen-bond acceptors (Lipinski definition) is 4. The number of rotatable bonds is 8. The minimum atomic E-state index is -0.691. The summed E-state index contributed by atoms with van der Waals surface area (Å²) in [4.78, 5) is 2.34. The van der Waals surface area contributed by atoms with Crippen LogP contribution in [0.15, 0.2) is 0 Å². The SMILES string of the molecule is COCCN(CCCC(C)(N)C#N)C(C)C. The van der Waals surface area contributed by atoms with Crippen LogP contribution in [0, 0.1) is 11.3 Å². The van der Waals surface area contributed by atoms with E-state index in [4.69, 9.17) is 15.7 Å². The van der Waals surface area contributed by atoms with Gasteiger partial charge >= 0.3 is 0 Å². The van der Waals surface area contributed by atoms with Crippen LogP contribution in [0.4, 0.5) is 0 Å². The van der Waals surface area contributed by atoms with Gasteiger partial charge < -0.3 is 10.5 Å². The highest BCUT2D eigenvalue weighted by Crippen LogP contribution is 2.09. The lowest BCUT2D eigenvalue weighted by atomic mass is 9.99. The number of nitrogens with two attached hydrogens (primary N) is 1. The Hall–Kier alpha value is -0.630. The second-order valence-electron chi connectivity index (χ2n) is 4.76. The van der Waals surface area contributed by atoms with Gasteiger partial charge in [-0.15, -0.1) is 0 Å². The lowest BCUT2D eigenvalue weighted by molar-refractivity contribution is 0.127. The smallest absolute Gasteiger partial charge is 0.101 e. The molecule has 0 amide bonds. The maximum absolute atomic E-state index is 8.80. The van der Waals surface area contributed by atoms with Crippen molar-refractivity contribution in [3.8, 4) is 6.07 Å². The maximum Gasteiger partial charge on any atom is 0.101 e. The van der Waals surface area contributed by atoms with Crippen molar-refractivity contribution in [2.24, 2.45) is 5.73 Å². The molecule has 1 unspecified atom stereocenters. The Labute approximate surface area is 99.4 Å². The fourth-order valence-corrected chi connectivity index (χ4v) is 1.54. The monoisotopic (exact) mass is 227 g/mol. The van der Waals surface area contributed by atoms with E-state index in [9.17, 15) is 0 Å². The highest BCUT2D eigenvalue weighted by atomic mass is 16.5. The van der Waals surface area contributed by atoms with Crippen LogP contribution < -0.4 is 5.73 Å². The molecule has 0 fully saturated rings. The molecule has 1 atom stereocenters. The predicted molar refractivity (Wildman–Crippen MR) is 66.0 cm³/mol. The van der Waals surface area contributed by atoms with Crippen LogP contribution in [-0.2, 0) is 4.74 Å². The van der Waals surface area contributed by atoms with Gasteiger partial charge in [0.05, 0.1) is 12.7 Å². The molecule has 0 bridgehead atoms. The van der Waals surface area contributed by atoms with E-state index in [2.05, 4.69) is 24.8 Å². The summed E-state index contributed by atoms with van der Waals surface area (Å²) in [5.74, 6) is 0. The molecule has 0 aliphatic rings. The van der Waals surface area contributed by atoms with Crippen molar-refractivity contribution in [1.29, 1.82) is 5.26 Å². The van der Waals surface area contributed by atoms with Crippen molar-refractivity contribution in [3.63, 3.8) is 0 Å². The molecule has 4 nitrogen and oxygen atoms in total. The van der Waals surface area contributed by atoms with Gasteiger partial charge in [-0.3, -0.25) is 4.90 Å². The van der Waals surface area contributed by atoms with Crippen molar-refractivity contribution < 1.29 is 4.74 Å². The Balaban J connectivity index is 3.90. The molecule has 4 heteroatoms. The highest BCUT2D eigenvalue weighted by molar-refractivity contribution is 5.00. The van der Waals surface area contributed by atoms with E-state index >= 15 is 0 Å². The van der Waals surface area contributed by atoms with Crippen LogP contribution in [0.1, 0.15) is 33.6 Å². The Morgan fingerprint density at radius 1 is 1.44 bits per heavy atom. The fourth-order valence-electron chi connectivity index (χ4n) is 1.54. The lowest BCUT2D eigenvalue weighted by Crippen LogP contribution is -2.38. The zero-order valence-corrected chi connectivity index (χ0v) is 11.0. The van der Waals surface area contributed by atoms with Gasteiger partial charge in [0, 0.05) is 19.7 Å². The Morgan fingerprint density at radius 2 is 2.06 bits per heavy atom. The van der Waals surface area contributed by atoms with Gasteiger partial charge in [-0.05, 0) is 40.2 Å². The summed E-state index contributed by atoms with van der Waals surface area (Å²) >= 11 is 0. The molecule has 0 saturated heterocycles. The molecular weight excluding hydrogens is 202 g/mol. The van der Waals surface area contributed by atoms with Gasteiger partial charge in [-0.1, -0.05) is 0 Å². The zero-order chi connectivity index (χ0) is 12.6. The van der Waals surface area contributed by atoms with Crippen molar-refractivity contribution >= 4 is 0 Å². The first-order valence-corrected chi connectivity index (χ1v) is 5.86. The van der Waals surface area contributed by atoms with Gasteiger partial charge in [0.25, 0.3) is 0 Å². The Bertz CT molecular complexity index is 221. The summed E-state index contributed by atoms with van der Waals surface area (Å²) in [6.45, 7) is 8.76. The van der Waals surface area contributed by atoms with E-state index in [1.807, 2.05) is 0 Å². The molecule has 16 heavy (non-hydrogen) atoms. The molecule has 0 radical (unpaired) electrons. The molecule has 0 spiro atoms. The van der Waals surface area contributed by atoms with Gasteiger partial charge in [0.1, 0.15) is 5.54 Å². The number of nitriles is 1. The third kappa shape index (κ3) is 6.78. The van der Waals surface area contributed by atoms with Gasteiger partial charge in [-0.2, -0.15) is 5.26 Å². The topological polar surface area (TPSA) is 62.3 Å². The lowest BCUT2D eigenvalue weighted by Gasteiger charge is -2.27. The van der Waals surface area contributed by atoms with E-state index in [0.29, 0.717) is 6.04 Å². The van der Waals surface area contributed by atoms with E-state index in [1.165, 1.54) is 0 Å². The summed E-state index contributed by atoms with van der Waals surface area (Å²) in [6.07, 6.45) is 1.68. The summed E-state index contributed by atoms with van der Waals surface area (Å²) in [6, 6.07) is 2.62. The van der Waals surface area contributed by atoms with Gasteiger partial charge in [-0.25, -0.2) is 0 Å². The third-order valence-electron chi connectivity index (χ3n) is 2.71. The summed E-state index contributed by atoms with van der Waals surface area (Å²) in [7, 11) is 1.71. The average Bonchev–Trinajstić information content (AvgIpc) is 2.22. The number of nitrogens with zero attached hydrogens (tertiary/aromatic N) is 2. The first kappa shape index (κ1) is 15.4. The van der Waals surface area contributed by atoms with Crippen molar-refractivity contribution in [3.05, 3.63) is 0 Å². The zero-order valence-electron chi connectivity index (χ0n) is 11.0. The minimum absolute atomic E-state index is 0.501. The quantitative estimate of drug-likeness (QED) is 0.680. The minimum Gasteiger partial charge on any atom is -0.383 e. The largest absolute Gasteiger partial charge is 0.383 e. The van der Waals surface area contributed by atoms with Crippen LogP contribution in [0.5, 0.6) is 0 Å². The molecule has 94 valence electrons. The maximum atomic E-state index is 8.80. The summed E-state index contributed by atoms with van der Waals surface area (Å²) in [5.41, 5.74) is 5.08. The highest BCUT2D eigenvalue weighted by Gasteiger charge is 2.17. The number of ether oxygens (including phenoxy) is 1. The second-order valence-corrected chi connectivity index (χ2v) is 4.76. The average molecular weight is 227 g/mol. The fraction of sp³-hybridized carbons (Fsp3) is 0.917. The van der Waals surface area contributed by atoms with Crippen LogP contribution in [0.25, 0.3) is 0 Å². The predicted octanol–water partition coefficient (Wildman–Crippen LogP) is 1.36. The van der Waals surface area contributed by atoms with Crippen LogP contribution in [-0.4, -0.2) is 43.3 Å². The van der Waals surface area contributed by atoms with Crippen molar-refractivity contribution in [2.75, 3.05) is 26.8 Å². The van der Waals surface area contributed by atoms with Crippen molar-refractivity contribution in [1.82, 2.24) is 4.90 Å². The standard InChI is InChI=1S/C12H25N3O/c1-11(2)15(8-9-16-4)7-5-6-12(3,14)10-13/h11H,5-9,14H2,1-4H3.